The van der Waals surface area contributed by atoms with Gasteiger partial charge in [-0.1, -0.05) is 6.07 Å². The first-order valence-electron chi connectivity index (χ1n) is 6.74. The van der Waals surface area contributed by atoms with Crippen LogP contribution < -0.4 is 0 Å². The molecule has 5 heteroatoms. The minimum absolute atomic E-state index is 0.0837. The number of carbonyl (C=O) groups excluding carboxylic acids is 1. The molecule has 1 fully saturated rings. The smallest absolute Gasteiger partial charge is 0.308 e. The SMILES string of the molecule is O=C(O)C1CCCN(C(=O)c2cc3ccccn3c2)C1. The van der Waals surface area contributed by atoms with Crippen LogP contribution in [0.3, 0.4) is 0 Å². The largest absolute Gasteiger partial charge is 0.481 e. The molecule has 0 aliphatic carbocycles. The molecule has 1 unspecified atom stereocenters. The van der Waals surface area contributed by atoms with Crippen molar-refractivity contribution in [1.82, 2.24) is 9.30 Å². The summed E-state index contributed by atoms with van der Waals surface area (Å²) in [6.45, 7) is 0.940. The summed E-state index contributed by atoms with van der Waals surface area (Å²) in [4.78, 5) is 25.2. The number of carboxylic acids is 1. The van der Waals surface area contributed by atoms with Gasteiger partial charge in [0.15, 0.2) is 0 Å². The summed E-state index contributed by atoms with van der Waals surface area (Å²) in [5.41, 5.74) is 1.57. The summed E-state index contributed by atoms with van der Waals surface area (Å²) in [6.07, 6.45) is 5.08. The number of pyridine rings is 1. The molecule has 0 saturated carbocycles. The Labute approximate surface area is 116 Å². The summed E-state index contributed by atoms with van der Waals surface area (Å²) >= 11 is 0. The van der Waals surface area contributed by atoms with Gasteiger partial charge in [0, 0.05) is 31.0 Å². The van der Waals surface area contributed by atoms with Crippen LogP contribution in [-0.2, 0) is 4.79 Å². The number of likely N-dealkylation sites (tertiary alicyclic amines) is 1. The van der Waals surface area contributed by atoms with Gasteiger partial charge in [0.05, 0.1) is 11.5 Å². The predicted molar refractivity (Wildman–Crippen MR) is 73.7 cm³/mol. The van der Waals surface area contributed by atoms with Crippen molar-refractivity contribution < 1.29 is 14.7 Å². The molecule has 1 aliphatic heterocycles. The Morgan fingerprint density at radius 2 is 2.15 bits per heavy atom. The second-order valence-electron chi connectivity index (χ2n) is 5.19. The maximum Gasteiger partial charge on any atom is 0.308 e. The topological polar surface area (TPSA) is 62.0 Å². The van der Waals surface area contributed by atoms with Gasteiger partial charge in [0.25, 0.3) is 5.91 Å². The molecule has 0 spiro atoms. The van der Waals surface area contributed by atoms with Gasteiger partial charge in [-0.2, -0.15) is 0 Å². The second-order valence-corrected chi connectivity index (χ2v) is 5.19. The van der Waals surface area contributed by atoms with Crippen molar-refractivity contribution in [1.29, 1.82) is 0 Å². The van der Waals surface area contributed by atoms with Gasteiger partial charge in [-0.3, -0.25) is 9.59 Å². The Kier molecular flexibility index (Phi) is 3.18. The lowest BCUT2D eigenvalue weighted by molar-refractivity contribution is -0.143. The highest BCUT2D eigenvalue weighted by molar-refractivity contribution is 5.96. The molecule has 3 heterocycles. The number of carboxylic acid groups (broad SMARTS) is 1. The van der Waals surface area contributed by atoms with E-state index < -0.39 is 11.9 Å². The lowest BCUT2D eigenvalue weighted by atomic mass is 9.98. The fourth-order valence-corrected chi connectivity index (χ4v) is 2.72. The number of nitrogens with zero attached hydrogens (tertiary/aromatic N) is 2. The van der Waals surface area contributed by atoms with Crippen molar-refractivity contribution in [3.05, 3.63) is 42.2 Å². The quantitative estimate of drug-likeness (QED) is 0.908. The van der Waals surface area contributed by atoms with Crippen LogP contribution in [0.25, 0.3) is 5.52 Å². The minimum atomic E-state index is -0.815. The zero-order chi connectivity index (χ0) is 14.1. The third kappa shape index (κ3) is 2.27. The highest BCUT2D eigenvalue weighted by atomic mass is 16.4. The first kappa shape index (κ1) is 12.7. The molecule has 2 aromatic rings. The van der Waals surface area contributed by atoms with E-state index in [1.807, 2.05) is 34.9 Å². The first-order chi connectivity index (χ1) is 9.65. The lowest BCUT2D eigenvalue weighted by Gasteiger charge is -2.30. The van der Waals surface area contributed by atoms with Gasteiger partial charge in [0.2, 0.25) is 0 Å². The zero-order valence-corrected chi connectivity index (χ0v) is 11.0. The Morgan fingerprint density at radius 3 is 2.90 bits per heavy atom. The van der Waals surface area contributed by atoms with Crippen LogP contribution in [0.5, 0.6) is 0 Å². The van der Waals surface area contributed by atoms with E-state index >= 15 is 0 Å². The number of amides is 1. The zero-order valence-electron chi connectivity index (χ0n) is 11.0. The van der Waals surface area contributed by atoms with Gasteiger partial charge in [-0.25, -0.2) is 0 Å². The number of aromatic nitrogens is 1. The first-order valence-corrected chi connectivity index (χ1v) is 6.74. The molecule has 104 valence electrons. The number of aliphatic carboxylic acids is 1. The molecule has 2 aromatic heterocycles. The standard InChI is InChI=1S/C15H16N2O3/c18-14(17-7-3-4-11(9-17)15(19)20)12-8-13-5-1-2-6-16(13)10-12/h1-2,5-6,8,10-11H,3-4,7,9H2,(H,19,20). The number of rotatable bonds is 2. The maximum absolute atomic E-state index is 12.5. The Balaban J connectivity index is 1.82. The monoisotopic (exact) mass is 272 g/mol. The molecule has 20 heavy (non-hydrogen) atoms. The van der Waals surface area contributed by atoms with E-state index in [4.69, 9.17) is 5.11 Å². The molecule has 1 N–H and O–H groups in total. The van der Waals surface area contributed by atoms with E-state index in [2.05, 4.69) is 0 Å². The number of hydrogen-bond acceptors (Lipinski definition) is 2. The molecule has 0 bridgehead atoms. The van der Waals surface area contributed by atoms with Crippen LogP contribution in [0, 0.1) is 5.92 Å². The van der Waals surface area contributed by atoms with Crippen LogP contribution >= 0.6 is 0 Å². The third-order valence-corrected chi connectivity index (χ3v) is 3.81. The molecular formula is C15H16N2O3. The van der Waals surface area contributed by atoms with E-state index in [0.717, 1.165) is 11.9 Å². The van der Waals surface area contributed by atoms with E-state index in [0.29, 0.717) is 25.1 Å². The second kappa shape index (κ2) is 5.00. The number of carbonyl (C=O) groups is 2. The Hall–Kier alpha value is -2.30. The third-order valence-electron chi connectivity index (χ3n) is 3.81. The average molecular weight is 272 g/mol. The van der Waals surface area contributed by atoms with E-state index in [9.17, 15) is 9.59 Å². The number of piperidine rings is 1. The fraction of sp³-hybridized carbons (Fsp3) is 0.333. The average Bonchev–Trinajstić information content (AvgIpc) is 2.90. The number of fused-ring (bicyclic) bond motifs is 1. The van der Waals surface area contributed by atoms with Crippen LogP contribution in [-0.4, -0.2) is 39.4 Å². The van der Waals surface area contributed by atoms with Crippen LogP contribution in [0.2, 0.25) is 0 Å². The van der Waals surface area contributed by atoms with Crippen molar-refractivity contribution in [2.24, 2.45) is 5.92 Å². The summed E-state index contributed by atoms with van der Waals surface area (Å²) in [7, 11) is 0. The van der Waals surface area contributed by atoms with Crippen molar-refractivity contribution in [2.45, 2.75) is 12.8 Å². The van der Waals surface area contributed by atoms with Crippen molar-refractivity contribution >= 4 is 17.4 Å². The van der Waals surface area contributed by atoms with Gasteiger partial charge in [-0.15, -0.1) is 0 Å². The van der Waals surface area contributed by atoms with E-state index in [1.54, 1.807) is 11.1 Å². The highest BCUT2D eigenvalue weighted by Crippen LogP contribution is 2.20. The van der Waals surface area contributed by atoms with Crippen molar-refractivity contribution in [3.8, 4) is 0 Å². The molecule has 5 nitrogen and oxygen atoms in total. The molecular weight excluding hydrogens is 256 g/mol. The van der Waals surface area contributed by atoms with E-state index in [1.165, 1.54) is 0 Å². The minimum Gasteiger partial charge on any atom is -0.481 e. The number of hydrogen-bond donors (Lipinski definition) is 1. The molecule has 1 atom stereocenters. The van der Waals surface area contributed by atoms with Crippen LogP contribution in [0.1, 0.15) is 23.2 Å². The normalized spacial score (nSPS) is 19.2. The molecule has 0 aromatic carbocycles. The molecule has 1 saturated heterocycles. The Morgan fingerprint density at radius 1 is 1.30 bits per heavy atom. The lowest BCUT2D eigenvalue weighted by Crippen LogP contribution is -2.42. The van der Waals surface area contributed by atoms with E-state index in [-0.39, 0.29) is 5.91 Å². The summed E-state index contributed by atoms with van der Waals surface area (Å²) in [5, 5.41) is 9.08. The summed E-state index contributed by atoms with van der Waals surface area (Å²) in [6, 6.07) is 7.60. The van der Waals surface area contributed by atoms with Crippen molar-refractivity contribution in [2.75, 3.05) is 13.1 Å². The van der Waals surface area contributed by atoms with Gasteiger partial charge < -0.3 is 14.4 Å². The maximum atomic E-state index is 12.5. The summed E-state index contributed by atoms with van der Waals surface area (Å²) in [5.74, 6) is -1.34. The molecule has 0 radical (unpaired) electrons. The fourth-order valence-electron chi connectivity index (χ4n) is 2.72. The summed E-state index contributed by atoms with van der Waals surface area (Å²) < 4.78 is 1.89. The molecule has 1 amide bonds. The van der Waals surface area contributed by atoms with Crippen LogP contribution in [0.4, 0.5) is 0 Å². The Bertz CT molecular complexity index is 629. The van der Waals surface area contributed by atoms with Crippen LogP contribution in [0.15, 0.2) is 36.7 Å². The predicted octanol–water partition coefficient (Wildman–Crippen LogP) is 1.88. The van der Waals surface area contributed by atoms with Gasteiger partial charge >= 0.3 is 5.97 Å². The highest BCUT2D eigenvalue weighted by Gasteiger charge is 2.28. The molecule has 1 aliphatic rings. The van der Waals surface area contributed by atoms with Gasteiger partial charge in [0.1, 0.15) is 0 Å². The molecule has 3 rings (SSSR count). The van der Waals surface area contributed by atoms with Crippen molar-refractivity contribution in [3.63, 3.8) is 0 Å². The van der Waals surface area contributed by atoms with Gasteiger partial charge in [-0.05, 0) is 31.0 Å².